The molecule has 2 heterocycles. The highest BCUT2D eigenvalue weighted by molar-refractivity contribution is 6.05. The maximum atomic E-state index is 12.3. The van der Waals surface area contributed by atoms with Crippen LogP contribution in [-0.2, 0) is 0 Å². The maximum Gasteiger partial charge on any atom is 0.248 e. The van der Waals surface area contributed by atoms with Gasteiger partial charge in [-0.15, -0.1) is 0 Å². The van der Waals surface area contributed by atoms with Gasteiger partial charge in [0.2, 0.25) is 5.78 Å². The Bertz CT molecular complexity index is 970. The standard InChI is InChI=1S/C20H14N2O2/c23-20(19-10-5-11-24-19)18-13-22(14-21-18)17-9-4-8-16(12-17)15-6-2-1-3-7-15/h1-14H. The fraction of sp³-hybridized carbons (Fsp3) is 0. The van der Waals surface area contributed by atoms with Crippen LogP contribution < -0.4 is 0 Å². The van der Waals surface area contributed by atoms with Crippen molar-refractivity contribution in [2.45, 2.75) is 0 Å². The first-order valence-electron chi connectivity index (χ1n) is 7.59. The molecule has 0 atom stereocenters. The van der Waals surface area contributed by atoms with Gasteiger partial charge in [-0.1, -0.05) is 42.5 Å². The van der Waals surface area contributed by atoms with Crippen molar-refractivity contribution in [1.82, 2.24) is 9.55 Å². The van der Waals surface area contributed by atoms with E-state index < -0.39 is 0 Å². The Morgan fingerprint density at radius 1 is 0.917 bits per heavy atom. The summed E-state index contributed by atoms with van der Waals surface area (Å²) in [6.07, 6.45) is 4.84. The third-order valence-electron chi connectivity index (χ3n) is 3.81. The maximum absolute atomic E-state index is 12.3. The van der Waals surface area contributed by atoms with Crippen LogP contribution in [0.2, 0.25) is 0 Å². The Balaban J connectivity index is 1.67. The molecule has 0 aliphatic rings. The molecule has 0 unspecified atom stereocenters. The molecule has 2 aromatic carbocycles. The predicted molar refractivity (Wildman–Crippen MR) is 91.1 cm³/mol. The zero-order valence-electron chi connectivity index (χ0n) is 12.8. The molecule has 0 aliphatic carbocycles. The number of aromatic nitrogens is 2. The van der Waals surface area contributed by atoms with E-state index in [4.69, 9.17) is 4.42 Å². The minimum absolute atomic E-state index is 0.224. The van der Waals surface area contributed by atoms with E-state index in [1.54, 1.807) is 24.7 Å². The number of carbonyl (C=O) groups excluding carboxylic acids is 1. The van der Waals surface area contributed by atoms with Crippen molar-refractivity contribution in [3.05, 3.63) is 97.0 Å². The summed E-state index contributed by atoms with van der Waals surface area (Å²) in [7, 11) is 0. The van der Waals surface area contributed by atoms with Crippen LogP contribution in [0.4, 0.5) is 0 Å². The van der Waals surface area contributed by atoms with Crippen LogP contribution in [0.15, 0.2) is 89.9 Å². The molecular weight excluding hydrogens is 300 g/mol. The second kappa shape index (κ2) is 6.01. The van der Waals surface area contributed by atoms with Crippen LogP contribution in [0.3, 0.4) is 0 Å². The number of hydrogen-bond acceptors (Lipinski definition) is 3. The van der Waals surface area contributed by atoms with Gasteiger partial charge in [-0.2, -0.15) is 0 Å². The molecule has 0 saturated heterocycles. The Morgan fingerprint density at radius 2 is 1.75 bits per heavy atom. The number of furan rings is 1. The van der Waals surface area contributed by atoms with Gasteiger partial charge in [0.05, 0.1) is 6.26 Å². The number of imidazole rings is 1. The molecule has 24 heavy (non-hydrogen) atoms. The quantitative estimate of drug-likeness (QED) is 0.526. The van der Waals surface area contributed by atoms with Gasteiger partial charge in [0.15, 0.2) is 5.76 Å². The van der Waals surface area contributed by atoms with Gasteiger partial charge in [0.1, 0.15) is 12.0 Å². The number of benzene rings is 2. The fourth-order valence-corrected chi connectivity index (χ4v) is 2.59. The van der Waals surface area contributed by atoms with Gasteiger partial charge >= 0.3 is 0 Å². The first kappa shape index (κ1) is 14.2. The molecular formula is C20H14N2O2. The lowest BCUT2D eigenvalue weighted by Crippen LogP contribution is -1.99. The number of hydrogen-bond donors (Lipinski definition) is 0. The van der Waals surface area contributed by atoms with Crippen LogP contribution in [0.5, 0.6) is 0 Å². The minimum atomic E-state index is -0.224. The van der Waals surface area contributed by atoms with Crippen molar-refractivity contribution in [3.63, 3.8) is 0 Å². The lowest BCUT2D eigenvalue weighted by molar-refractivity contribution is 0.100. The van der Waals surface area contributed by atoms with Crippen LogP contribution in [0.1, 0.15) is 16.2 Å². The zero-order valence-corrected chi connectivity index (χ0v) is 12.8. The molecule has 0 bridgehead atoms. The topological polar surface area (TPSA) is 48.0 Å². The first-order chi connectivity index (χ1) is 11.8. The molecule has 0 aliphatic heterocycles. The third-order valence-corrected chi connectivity index (χ3v) is 3.81. The number of nitrogens with zero attached hydrogens (tertiary/aromatic N) is 2. The lowest BCUT2D eigenvalue weighted by atomic mass is 10.1. The Hall–Kier alpha value is -3.40. The average molecular weight is 314 g/mol. The van der Waals surface area contributed by atoms with Gasteiger partial charge in [0.25, 0.3) is 0 Å². The van der Waals surface area contributed by atoms with Crippen molar-refractivity contribution in [3.8, 4) is 16.8 Å². The molecule has 4 heteroatoms. The van der Waals surface area contributed by atoms with E-state index in [9.17, 15) is 4.79 Å². The van der Waals surface area contributed by atoms with E-state index in [2.05, 4.69) is 29.2 Å². The molecule has 0 radical (unpaired) electrons. The van der Waals surface area contributed by atoms with Crippen molar-refractivity contribution in [2.75, 3.05) is 0 Å². The summed E-state index contributed by atoms with van der Waals surface area (Å²) in [5.41, 5.74) is 3.56. The van der Waals surface area contributed by atoms with Gasteiger partial charge in [-0.3, -0.25) is 4.79 Å². The smallest absolute Gasteiger partial charge is 0.248 e. The van der Waals surface area contributed by atoms with E-state index in [1.165, 1.54) is 6.26 Å². The van der Waals surface area contributed by atoms with Crippen LogP contribution in [0.25, 0.3) is 16.8 Å². The molecule has 0 N–H and O–H groups in total. The van der Waals surface area contributed by atoms with Crippen LogP contribution >= 0.6 is 0 Å². The Kier molecular flexibility index (Phi) is 3.56. The number of rotatable bonds is 4. The van der Waals surface area contributed by atoms with Crippen molar-refractivity contribution >= 4 is 5.78 Å². The molecule has 0 amide bonds. The second-order valence-corrected chi connectivity index (χ2v) is 5.39. The number of ketones is 1. The van der Waals surface area contributed by atoms with Crippen molar-refractivity contribution in [1.29, 1.82) is 0 Å². The fourth-order valence-electron chi connectivity index (χ4n) is 2.59. The summed E-state index contributed by atoms with van der Waals surface area (Å²) < 4.78 is 6.98. The third kappa shape index (κ3) is 2.65. The van der Waals surface area contributed by atoms with E-state index in [1.807, 2.05) is 34.9 Å². The summed E-state index contributed by atoms with van der Waals surface area (Å²) in [6.45, 7) is 0. The van der Waals surface area contributed by atoms with Gasteiger partial charge in [0, 0.05) is 11.9 Å². The van der Waals surface area contributed by atoms with Crippen LogP contribution in [-0.4, -0.2) is 15.3 Å². The summed E-state index contributed by atoms with van der Waals surface area (Å²) in [5.74, 6) is 0.0660. The highest BCUT2D eigenvalue weighted by Gasteiger charge is 2.15. The highest BCUT2D eigenvalue weighted by atomic mass is 16.3. The van der Waals surface area contributed by atoms with E-state index in [0.717, 1.165) is 16.8 Å². The van der Waals surface area contributed by atoms with Crippen molar-refractivity contribution < 1.29 is 9.21 Å². The number of carbonyl (C=O) groups is 1. The summed E-state index contributed by atoms with van der Waals surface area (Å²) in [4.78, 5) is 16.5. The monoisotopic (exact) mass is 314 g/mol. The molecule has 0 saturated carbocycles. The second-order valence-electron chi connectivity index (χ2n) is 5.39. The predicted octanol–water partition coefficient (Wildman–Crippen LogP) is 4.36. The largest absolute Gasteiger partial charge is 0.461 e. The average Bonchev–Trinajstić information content (AvgIpc) is 3.34. The normalized spacial score (nSPS) is 10.7. The summed E-state index contributed by atoms with van der Waals surface area (Å²) >= 11 is 0. The Morgan fingerprint density at radius 3 is 2.54 bits per heavy atom. The Labute approximate surface area is 139 Å². The van der Waals surface area contributed by atoms with E-state index in [-0.39, 0.29) is 5.78 Å². The highest BCUT2D eigenvalue weighted by Crippen LogP contribution is 2.22. The minimum Gasteiger partial charge on any atom is -0.461 e. The van der Waals surface area contributed by atoms with Crippen LogP contribution in [0, 0.1) is 0 Å². The molecule has 4 nitrogen and oxygen atoms in total. The SMILES string of the molecule is O=C(c1cn(-c2cccc(-c3ccccc3)c2)cn1)c1ccco1. The molecule has 0 spiro atoms. The molecule has 2 aromatic heterocycles. The van der Waals surface area contributed by atoms with Crippen molar-refractivity contribution in [2.24, 2.45) is 0 Å². The van der Waals surface area contributed by atoms with Gasteiger partial charge < -0.3 is 8.98 Å². The first-order valence-corrected chi connectivity index (χ1v) is 7.59. The molecule has 4 aromatic rings. The summed E-state index contributed by atoms with van der Waals surface area (Å²) in [5, 5.41) is 0. The van der Waals surface area contributed by atoms with E-state index >= 15 is 0 Å². The molecule has 0 fully saturated rings. The molecule has 116 valence electrons. The lowest BCUT2D eigenvalue weighted by Gasteiger charge is -2.06. The zero-order chi connectivity index (χ0) is 16.4. The summed E-state index contributed by atoms with van der Waals surface area (Å²) in [6, 6.07) is 21.6. The van der Waals surface area contributed by atoms with E-state index in [0.29, 0.717) is 11.5 Å². The van der Waals surface area contributed by atoms with Gasteiger partial charge in [-0.05, 0) is 35.4 Å². The molecule has 4 rings (SSSR count). The van der Waals surface area contributed by atoms with Gasteiger partial charge in [-0.25, -0.2) is 4.98 Å².